The predicted molar refractivity (Wildman–Crippen MR) is 77.6 cm³/mol. The molecule has 0 amide bonds. The van der Waals surface area contributed by atoms with Gasteiger partial charge in [0.2, 0.25) is 0 Å². The Hall–Kier alpha value is -0.865. The van der Waals surface area contributed by atoms with Gasteiger partial charge in [-0.15, -0.1) is 5.10 Å². The Balaban J connectivity index is 2.28. The first-order valence-electron chi connectivity index (χ1n) is 7.52. The molecule has 2 unspecified atom stereocenters. The van der Waals surface area contributed by atoms with Crippen LogP contribution in [-0.2, 0) is 12.1 Å². The fraction of sp³-hybridized carbons (Fsp3) is 0.857. The van der Waals surface area contributed by atoms with Crippen molar-refractivity contribution >= 4 is 7.28 Å². The minimum atomic E-state index is -1.28. The molecule has 2 rings (SSSR count). The molecule has 1 aliphatic carbocycles. The lowest BCUT2D eigenvalue weighted by Crippen LogP contribution is -2.30. The highest BCUT2D eigenvalue weighted by atomic mass is 19.1. The summed E-state index contributed by atoms with van der Waals surface area (Å²) in [5, 5.41) is 11.0. The second kappa shape index (κ2) is 5.26. The van der Waals surface area contributed by atoms with E-state index in [1.54, 1.807) is 0 Å². The number of rotatable bonds is 3. The number of halogens is 1. The normalized spacial score (nSPS) is 28.4. The Morgan fingerprint density at radius 2 is 2.21 bits per heavy atom. The standard InChI is InChI=1S/C14H25BFN3/c1-5-14(16)9-8-10(13(2,3)15-4)6-7-11-12(14)18-19-17-11/h10,15H,5-9H2,1-4H3,(H,17,18,19). The van der Waals surface area contributed by atoms with Crippen LogP contribution in [0.15, 0.2) is 0 Å². The second-order valence-corrected chi connectivity index (χ2v) is 6.57. The summed E-state index contributed by atoms with van der Waals surface area (Å²) in [4.78, 5) is 0. The van der Waals surface area contributed by atoms with Crippen LogP contribution in [-0.4, -0.2) is 22.7 Å². The van der Waals surface area contributed by atoms with Crippen molar-refractivity contribution in [2.45, 2.75) is 70.7 Å². The van der Waals surface area contributed by atoms with E-state index in [2.05, 4.69) is 36.1 Å². The van der Waals surface area contributed by atoms with Crippen molar-refractivity contribution in [1.82, 2.24) is 15.4 Å². The summed E-state index contributed by atoms with van der Waals surface area (Å²) in [7, 11) is 1.13. The quantitative estimate of drug-likeness (QED) is 0.851. The molecule has 0 spiro atoms. The predicted octanol–water partition coefficient (Wildman–Crippen LogP) is 3.41. The van der Waals surface area contributed by atoms with Gasteiger partial charge in [-0.1, -0.05) is 38.1 Å². The van der Waals surface area contributed by atoms with Crippen molar-refractivity contribution < 1.29 is 4.39 Å². The van der Waals surface area contributed by atoms with Gasteiger partial charge in [0.15, 0.2) is 5.67 Å². The first-order chi connectivity index (χ1) is 8.93. The highest BCUT2D eigenvalue weighted by Crippen LogP contribution is 2.45. The lowest BCUT2D eigenvalue weighted by Gasteiger charge is -2.37. The topological polar surface area (TPSA) is 41.6 Å². The smallest absolute Gasteiger partial charge is 0.153 e. The summed E-state index contributed by atoms with van der Waals surface area (Å²) >= 11 is 0. The highest BCUT2D eigenvalue weighted by Gasteiger charge is 2.39. The van der Waals surface area contributed by atoms with E-state index in [4.69, 9.17) is 0 Å². The largest absolute Gasteiger partial charge is 0.259 e. The Bertz CT molecular complexity index is 432. The van der Waals surface area contributed by atoms with Crippen molar-refractivity contribution in [3.63, 3.8) is 0 Å². The zero-order chi connectivity index (χ0) is 14.1. The molecular weight excluding hydrogens is 240 g/mol. The summed E-state index contributed by atoms with van der Waals surface area (Å²) in [6.45, 7) is 8.73. The van der Waals surface area contributed by atoms with Crippen molar-refractivity contribution in [3.05, 3.63) is 11.4 Å². The number of hydrogen-bond donors (Lipinski definition) is 1. The van der Waals surface area contributed by atoms with Crippen LogP contribution in [0, 0.1) is 5.92 Å². The van der Waals surface area contributed by atoms with Crippen LogP contribution in [0.2, 0.25) is 12.1 Å². The van der Waals surface area contributed by atoms with Gasteiger partial charge in [-0.05, 0) is 38.0 Å². The van der Waals surface area contributed by atoms with E-state index < -0.39 is 5.67 Å². The van der Waals surface area contributed by atoms with Gasteiger partial charge in [0, 0.05) is 0 Å². The number of aromatic amines is 1. The molecule has 0 aliphatic heterocycles. The average Bonchev–Trinajstić information content (AvgIpc) is 2.84. The second-order valence-electron chi connectivity index (χ2n) is 6.57. The van der Waals surface area contributed by atoms with Crippen molar-refractivity contribution in [3.8, 4) is 0 Å². The van der Waals surface area contributed by atoms with Crippen LogP contribution in [0.4, 0.5) is 4.39 Å². The number of nitrogens with zero attached hydrogens (tertiary/aromatic N) is 2. The summed E-state index contributed by atoms with van der Waals surface area (Å²) in [6, 6.07) is 0. The van der Waals surface area contributed by atoms with Gasteiger partial charge in [0.1, 0.15) is 7.28 Å². The molecule has 1 heterocycles. The third-order valence-corrected chi connectivity index (χ3v) is 5.26. The maximum absolute atomic E-state index is 15.1. The van der Waals surface area contributed by atoms with E-state index in [1.165, 1.54) is 0 Å². The van der Waals surface area contributed by atoms with Crippen LogP contribution in [0.25, 0.3) is 0 Å². The van der Waals surface area contributed by atoms with Gasteiger partial charge in [-0.3, -0.25) is 5.10 Å². The van der Waals surface area contributed by atoms with Crippen LogP contribution >= 0.6 is 0 Å². The number of aryl methyl sites for hydroxylation is 1. The zero-order valence-electron chi connectivity index (χ0n) is 12.6. The molecule has 0 saturated carbocycles. The van der Waals surface area contributed by atoms with Gasteiger partial charge in [-0.25, -0.2) is 4.39 Å². The maximum Gasteiger partial charge on any atom is 0.153 e. The summed E-state index contributed by atoms with van der Waals surface area (Å²) in [5.74, 6) is 0.559. The van der Waals surface area contributed by atoms with Crippen LogP contribution < -0.4 is 0 Å². The molecular formula is C14H25BFN3. The first-order valence-corrected chi connectivity index (χ1v) is 7.52. The summed E-state index contributed by atoms with van der Waals surface area (Å²) < 4.78 is 15.1. The van der Waals surface area contributed by atoms with E-state index in [9.17, 15) is 0 Å². The SMILES string of the molecule is CBC(C)(C)C1CCc2nn[nH]c2C(F)(CC)CC1. The lowest BCUT2D eigenvalue weighted by atomic mass is 9.49. The minimum absolute atomic E-state index is 0.274. The third-order valence-electron chi connectivity index (χ3n) is 5.26. The highest BCUT2D eigenvalue weighted by molar-refractivity contribution is 6.38. The monoisotopic (exact) mass is 265 g/mol. The third kappa shape index (κ3) is 2.70. The van der Waals surface area contributed by atoms with E-state index in [0.717, 1.165) is 32.2 Å². The van der Waals surface area contributed by atoms with Crippen LogP contribution in [0.1, 0.15) is 57.8 Å². The molecule has 0 radical (unpaired) electrons. The summed E-state index contributed by atoms with van der Waals surface area (Å²) in [5.41, 5.74) is 0.185. The molecule has 1 aliphatic rings. The molecule has 106 valence electrons. The molecule has 1 N–H and O–H groups in total. The molecule has 0 aromatic carbocycles. The Morgan fingerprint density at radius 3 is 2.84 bits per heavy atom. The molecule has 0 fully saturated rings. The van der Waals surface area contributed by atoms with E-state index in [0.29, 0.717) is 24.5 Å². The van der Waals surface area contributed by atoms with Crippen LogP contribution in [0.5, 0.6) is 0 Å². The van der Waals surface area contributed by atoms with Gasteiger partial charge in [0.25, 0.3) is 0 Å². The average molecular weight is 265 g/mol. The number of hydrogen-bond acceptors (Lipinski definition) is 2. The first kappa shape index (κ1) is 14.5. The molecule has 0 bridgehead atoms. The van der Waals surface area contributed by atoms with E-state index in [1.807, 2.05) is 6.92 Å². The van der Waals surface area contributed by atoms with E-state index in [-0.39, 0.29) is 5.31 Å². The van der Waals surface area contributed by atoms with Crippen molar-refractivity contribution in [2.75, 3.05) is 0 Å². The number of aromatic nitrogens is 3. The lowest BCUT2D eigenvalue weighted by molar-refractivity contribution is 0.114. The molecule has 1 aromatic rings. The molecule has 3 nitrogen and oxygen atoms in total. The Labute approximate surface area is 116 Å². The number of H-pyrrole nitrogens is 1. The fourth-order valence-electron chi connectivity index (χ4n) is 3.19. The molecule has 19 heavy (non-hydrogen) atoms. The van der Waals surface area contributed by atoms with Crippen LogP contribution in [0.3, 0.4) is 0 Å². The van der Waals surface area contributed by atoms with Gasteiger partial charge >= 0.3 is 0 Å². The molecule has 1 aromatic heterocycles. The Kier molecular flexibility index (Phi) is 4.02. The van der Waals surface area contributed by atoms with E-state index >= 15 is 4.39 Å². The molecule has 0 saturated heterocycles. The van der Waals surface area contributed by atoms with Gasteiger partial charge in [0.05, 0.1) is 11.4 Å². The zero-order valence-corrected chi connectivity index (χ0v) is 12.6. The van der Waals surface area contributed by atoms with Gasteiger partial charge < -0.3 is 0 Å². The van der Waals surface area contributed by atoms with Crippen molar-refractivity contribution in [2.24, 2.45) is 5.92 Å². The molecule has 5 heteroatoms. The number of alkyl halides is 1. The van der Waals surface area contributed by atoms with Crippen molar-refractivity contribution in [1.29, 1.82) is 0 Å². The number of fused-ring (bicyclic) bond motifs is 1. The fourth-order valence-corrected chi connectivity index (χ4v) is 3.19. The molecule has 2 atom stereocenters. The minimum Gasteiger partial charge on any atom is -0.259 e. The summed E-state index contributed by atoms with van der Waals surface area (Å²) in [6.07, 6.45) is 3.94. The number of nitrogens with one attached hydrogen (secondary N) is 1. The van der Waals surface area contributed by atoms with Gasteiger partial charge in [-0.2, -0.15) is 0 Å². The maximum atomic E-state index is 15.1. The Morgan fingerprint density at radius 1 is 1.47 bits per heavy atom.